The van der Waals surface area contributed by atoms with E-state index in [0.717, 1.165) is 12.8 Å². The van der Waals surface area contributed by atoms with Crippen molar-refractivity contribution in [1.29, 1.82) is 0 Å². The number of nitrogens with two attached hydrogens (primary N) is 1. The minimum atomic E-state index is -0.243. The molecule has 1 aromatic rings. The van der Waals surface area contributed by atoms with Gasteiger partial charge in [0.05, 0.1) is 11.3 Å². The summed E-state index contributed by atoms with van der Waals surface area (Å²) in [4.78, 5) is 23.3. The van der Waals surface area contributed by atoms with E-state index >= 15 is 0 Å². The Morgan fingerprint density at radius 1 is 1.26 bits per heavy atom. The molecule has 0 atom stereocenters. The Balaban J connectivity index is 1.78. The SMILES string of the molecule is NNc1ccccc1C(=O)NCCC(=O)NC1CC1. The number of nitrogens with one attached hydrogen (secondary N) is 3. The summed E-state index contributed by atoms with van der Waals surface area (Å²) in [5.41, 5.74) is 3.49. The zero-order valence-corrected chi connectivity index (χ0v) is 10.6. The van der Waals surface area contributed by atoms with Crippen LogP contribution in [0, 0.1) is 0 Å². The molecule has 0 radical (unpaired) electrons. The summed E-state index contributed by atoms with van der Waals surface area (Å²) in [5, 5.41) is 5.57. The monoisotopic (exact) mass is 262 g/mol. The lowest BCUT2D eigenvalue weighted by Crippen LogP contribution is -2.32. The summed E-state index contributed by atoms with van der Waals surface area (Å²) in [6, 6.07) is 7.29. The number of anilines is 1. The Morgan fingerprint density at radius 3 is 2.68 bits per heavy atom. The van der Waals surface area contributed by atoms with Crippen molar-refractivity contribution in [3.05, 3.63) is 29.8 Å². The van der Waals surface area contributed by atoms with Gasteiger partial charge in [0.2, 0.25) is 5.91 Å². The quantitative estimate of drug-likeness (QED) is 0.440. The van der Waals surface area contributed by atoms with Crippen LogP contribution in [0.4, 0.5) is 5.69 Å². The molecule has 2 amide bonds. The number of hydrogen-bond acceptors (Lipinski definition) is 4. The number of carbonyl (C=O) groups excluding carboxylic acids is 2. The predicted molar refractivity (Wildman–Crippen MR) is 72.4 cm³/mol. The van der Waals surface area contributed by atoms with Crippen LogP contribution in [-0.2, 0) is 4.79 Å². The van der Waals surface area contributed by atoms with Gasteiger partial charge in [0.1, 0.15) is 0 Å². The van der Waals surface area contributed by atoms with E-state index < -0.39 is 0 Å². The first kappa shape index (κ1) is 13.4. The van der Waals surface area contributed by atoms with E-state index in [9.17, 15) is 9.59 Å². The van der Waals surface area contributed by atoms with E-state index in [4.69, 9.17) is 5.84 Å². The fourth-order valence-corrected chi connectivity index (χ4v) is 1.72. The van der Waals surface area contributed by atoms with Gasteiger partial charge in [-0.1, -0.05) is 12.1 Å². The van der Waals surface area contributed by atoms with Crippen molar-refractivity contribution in [3.8, 4) is 0 Å². The summed E-state index contributed by atoms with van der Waals surface area (Å²) in [6.07, 6.45) is 2.42. The average Bonchev–Trinajstić information content (AvgIpc) is 3.22. The molecular formula is C13H18N4O2. The molecule has 6 heteroatoms. The lowest BCUT2D eigenvalue weighted by molar-refractivity contribution is -0.121. The lowest BCUT2D eigenvalue weighted by Gasteiger charge is -2.09. The first-order chi connectivity index (χ1) is 9.20. The third-order valence-corrected chi connectivity index (χ3v) is 2.91. The summed E-state index contributed by atoms with van der Waals surface area (Å²) in [7, 11) is 0. The smallest absolute Gasteiger partial charge is 0.253 e. The van der Waals surface area contributed by atoms with Crippen LogP contribution in [0.3, 0.4) is 0 Å². The van der Waals surface area contributed by atoms with Crippen LogP contribution in [0.15, 0.2) is 24.3 Å². The fraction of sp³-hybridized carbons (Fsp3) is 0.385. The Bertz CT molecular complexity index is 471. The van der Waals surface area contributed by atoms with Gasteiger partial charge in [-0.05, 0) is 25.0 Å². The highest BCUT2D eigenvalue weighted by Crippen LogP contribution is 2.18. The zero-order valence-electron chi connectivity index (χ0n) is 10.6. The topological polar surface area (TPSA) is 96.2 Å². The Kier molecular flexibility index (Phi) is 4.35. The maximum Gasteiger partial charge on any atom is 0.253 e. The van der Waals surface area contributed by atoms with Crippen molar-refractivity contribution >= 4 is 17.5 Å². The highest BCUT2D eigenvalue weighted by molar-refractivity contribution is 5.99. The van der Waals surface area contributed by atoms with Crippen molar-refractivity contribution in [2.75, 3.05) is 12.0 Å². The first-order valence-electron chi connectivity index (χ1n) is 6.34. The second-order valence-corrected chi connectivity index (χ2v) is 4.54. The number of hydrogen-bond donors (Lipinski definition) is 4. The second kappa shape index (κ2) is 6.19. The second-order valence-electron chi connectivity index (χ2n) is 4.54. The molecule has 1 fully saturated rings. The van der Waals surface area contributed by atoms with E-state index in [1.807, 2.05) is 0 Å². The van der Waals surface area contributed by atoms with Crippen molar-refractivity contribution in [2.24, 2.45) is 5.84 Å². The molecule has 1 aliphatic rings. The van der Waals surface area contributed by atoms with Gasteiger partial charge in [0, 0.05) is 19.0 Å². The van der Waals surface area contributed by atoms with Crippen LogP contribution in [0.5, 0.6) is 0 Å². The highest BCUT2D eigenvalue weighted by Gasteiger charge is 2.22. The third kappa shape index (κ3) is 3.96. The number of para-hydroxylation sites is 1. The largest absolute Gasteiger partial charge is 0.353 e. The molecule has 0 unspecified atom stereocenters. The van der Waals surface area contributed by atoms with Crippen LogP contribution in [0.1, 0.15) is 29.6 Å². The summed E-state index contributed by atoms with van der Waals surface area (Å²) >= 11 is 0. The van der Waals surface area contributed by atoms with Crippen LogP contribution in [0.25, 0.3) is 0 Å². The van der Waals surface area contributed by atoms with Crippen molar-refractivity contribution < 1.29 is 9.59 Å². The molecular weight excluding hydrogens is 244 g/mol. The molecule has 1 saturated carbocycles. The molecule has 5 N–H and O–H groups in total. The maximum atomic E-state index is 11.9. The maximum absolute atomic E-state index is 11.9. The van der Waals surface area contributed by atoms with Crippen LogP contribution < -0.4 is 21.9 Å². The molecule has 1 aromatic carbocycles. The molecule has 6 nitrogen and oxygen atoms in total. The molecule has 0 bridgehead atoms. The molecule has 19 heavy (non-hydrogen) atoms. The van der Waals surface area contributed by atoms with Crippen molar-refractivity contribution in [2.45, 2.75) is 25.3 Å². The third-order valence-electron chi connectivity index (χ3n) is 2.91. The minimum Gasteiger partial charge on any atom is -0.353 e. The molecule has 1 aliphatic carbocycles. The van der Waals surface area contributed by atoms with E-state index in [1.165, 1.54) is 0 Å². The van der Waals surface area contributed by atoms with Gasteiger partial charge in [-0.25, -0.2) is 0 Å². The minimum absolute atomic E-state index is 0.0203. The molecule has 0 aromatic heterocycles. The average molecular weight is 262 g/mol. The number of hydrazine groups is 1. The number of carbonyl (C=O) groups is 2. The van der Waals surface area contributed by atoms with Crippen molar-refractivity contribution in [3.63, 3.8) is 0 Å². The summed E-state index contributed by atoms with van der Waals surface area (Å²) in [5.74, 6) is 5.07. The standard InChI is InChI=1S/C13H18N4O2/c14-17-11-4-2-1-3-10(11)13(19)15-8-7-12(18)16-9-5-6-9/h1-4,9,17H,5-8,14H2,(H,15,19)(H,16,18). The van der Waals surface area contributed by atoms with Gasteiger partial charge in [-0.2, -0.15) is 0 Å². The lowest BCUT2D eigenvalue weighted by atomic mass is 10.1. The van der Waals surface area contributed by atoms with Gasteiger partial charge < -0.3 is 16.1 Å². The molecule has 2 rings (SSSR count). The van der Waals surface area contributed by atoms with Crippen LogP contribution in [0.2, 0.25) is 0 Å². The fourth-order valence-electron chi connectivity index (χ4n) is 1.72. The van der Waals surface area contributed by atoms with E-state index in [1.54, 1.807) is 24.3 Å². The van der Waals surface area contributed by atoms with Crippen molar-refractivity contribution in [1.82, 2.24) is 10.6 Å². The molecule has 0 saturated heterocycles. The first-order valence-corrected chi connectivity index (χ1v) is 6.34. The number of amides is 2. The number of benzene rings is 1. The highest BCUT2D eigenvalue weighted by atomic mass is 16.2. The van der Waals surface area contributed by atoms with Gasteiger partial charge in [0.25, 0.3) is 5.91 Å². The van der Waals surface area contributed by atoms with Crippen LogP contribution >= 0.6 is 0 Å². The van der Waals surface area contributed by atoms with Gasteiger partial charge in [-0.3, -0.25) is 15.4 Å². The Hall–Kier alpha value is -2.08. The molecule has 0 heterocycles. The van der Waals surface area contributed by atoms with E-state index in [0.29, 0.717) is 30.3 Å². The summed E-state index contributed by atoms with van der Waals surface area (Å²) < 4.78 is 0. The van der Waals surface area contributed by atoms with Gasteiger partial charge >= 0.3 is 0 Å². The van der Waals surface area contributed by atoms with Gasteiger partial charge in [0.15, 0.2) is 0 Å². The van der Waals surface area contributed by atoms with Crippen LogP contribution in [-0.4, -0.2) is 24.4 Å². The van der Waals surface area contributed by atoms with E-state index in [-0.39, 0.29) is 11.8 Å². The number of nitrogen functional groups attached to an aromatic ring is 1. The molecule has 0 aliphatic heterocycles. The predicted octanol–water partition coefficient (Wildman–Crippen LogP) is 0.371. The zero-order chi connectivity index (χ0) is 13.7. The van der Waals surface area contributed by atoms with E-state index in [2.05, 4.69) is 16.1 Å². The normalized spacial score (nSPS) is 13.7. The summed E-state index contributed by atoms with van der Waals surface area (Å²) in [6.45, 7) is 0.316. The Labute approximate surface area is 111 Å². The number of rotatable bonds is 6. The molecule has 0 spiro atoms. The Morgan fingerprint density at radius 2 is 2.00 bits per heavy atom. The molecule has 102 valence electrons. The van der Waals surface area contributed by atoms with Gasteiger partial charge in [-0.15, -0.1) is 0 Å².